The highest BCUT2D eigenvalue weighted by Crippen LogP contribution is 2.19. The van der Waals surface area contributed by atoms with E-state index in [4.69, 9.17) is 5.73 Å². The normalized spacial score (nSPS) is 23.6. The van der Waals surface area contributed by atoms with Crippen LogP contribution in [0.25, 0.3) is 0 Å². The molecule has 1 aromatic rings. The summed E-state index contributed by atoms with van der Waals surface area (Å²) in [6.07, 6.45) is 6.06. The molecule has 3 rings (SSSR count). The highest BCUT2D eigenvalue weighted by atomic mass is 16.2. The Morgan fingerprint density at radius 1 is 1.33 bits per heavy atom. The van der Waals surface area contributed by atoms with E-state index in [1.807, 2.05) is 0 Å². The highest BCUT2D eigenvalue weighted by molar-refractivity contribution is 5.95. The number of nitrogens with zero attached hydrogens (tertiary/aromatic N) is 2. The lowest BCUT2D eigenvalue weighted by atomic mass is 9.99. The molecular formula is C17H24N6O4. The topological polar surface area (TPSA) is 150 Å². The molecule has 0 radical (unpaired) electrons. The van der Waals surface area contributed by atoms with Crippen molar-refractivity contribution in [1.29, 1.82) is 0 Å². The maximum Gasteiger partial charge on any atom is 0.246 e. The SMILES string of the molecule is NC(=O)C1CCCCN1C(=O)C(Cc1cnc[nH]1)NC(=O)C1CCC(=O)N1. The minimum absolute atomic E-state index is 0.184. The number of carbonyl (C=O) groups excluding carboxylic acids is 4. The Labute approximate surface area is 156 Å². The maximum absolute atomic E-state index is 13.1. The molecule has 5 N–H and O–H groups in total. The number of likely N-dealkylation sites (tertiary alicyclic amines) is 1. The van der Waals surface area contributed by atoms with E-state index in [9.17, 15) is 19.2 Å². The molecule has 2 saturated heterocycles. The highest BCUT2D eigenvalue weighted by Gasteiger charge is 2.37. The van der Waals surface area contributed by atoms with Crippen LogP contribution in [0.2, 0.25) is 0 Å². The van der Waals surface area contributed by atoms with Gasteiger partial charge >= 0.3 is 0 Å². The minimum Gasteiger partial charge on any atom is -0.368 e. The summed E-state index contributed by atoms with van der Waals surface area (Å²) in [6, 6.07) is -2.20. The van der Waals surface area contributed by atoms with Crippen LogP contribution in [-0.4, -0.2) is 63.2 Å². The number of rotatable bonds is 6. The molecule has 4 amide bonds. The van der Waals surface area contributed by atoms with Crippen molar-refractivity contribution in [3.63, 3.8) is 0 Å². The van der Waals surface area contributed by atoms with Crippen molar-refractivity contribution >= 4 is 23.6 Å². The second-order valence-electron chi connectivity index (χ2n) is 6.95. The van der Waals surface area contributed by atoms with Crippen molar-refractivity contribution in [2.45, 2.75) is 56.7 Å². The van der Waals surface area contributed by atoms with Gasteiger partial charge in [-0.05, 0) is 25.7 Å². The molecule has 0 aliphatic carbocycles. The molecule has 2 fully saturated rings. The second kappa shape index (κ2) is 8.19. The first-order chi connectivity index (χ1) is 13.0. The molecule has 27 heavy (non-hydrogen) atoms. The van der Waals surface area contributed by atoms with E-state index in [1.165, 1.54) is 11.2 Å². The number of aromatic amines is 1. The number of piperidine rings is 1. The Morgan fingerprint density at radius 2 is 2.15 bits per heavy atom. The van der Waals surface area contributed by atoms with Crippen molar-refractivity contribution in [2.75, 3.05) is 6.54 Å². The molecule has 0 aromatic carbocycles. The van der Waals surface area contributed by atoms with Gasteiger partial charge in [0, 0.05) is 31.3 Å². The molecule has 2 aliphatic rings. The minimum atomic E-state index is -0.879. The number of H-pyrrole nitrogens is 1. The Morgan fingerprint density at radius 3 is 2.78 bits per heavy atom. The summed E-state index contributed by atoms with van der Waals surface area (Å²) in [5.41, 5.74) is 6.14. The Kier molecular flexibility index (Phi) is 5.72. The molecule has 0 saturated carbocycles. The number of hydrogen-bond acceptors (Lipinski definition) is 5. The average Bonchev–Trinajstić information content (AvgIpc) is 3.32. The zero-order valence-corrected chi connectivity index (χ0v) is 14.9. The van der Waals surface area contributed by atoms with Crippen LogP contribution < -0.4 is 16.4 Å². The van der Waals surface area contributed by atoms with Gasteiger partial charge in [0.05, 0.1) is 6.33 Å². The predicted octanol–water partition coefficient (Wildman–Crippen LogP) is -1.42. The number of carbonyl (C=O) groups is 4. The molecule has 146 valence electrons. The zero-order valence-electron chi connectivity index (χ0n) is 14.9. The molecule has 3 atom stereocenters. The average molecular weight is 376 g/mol. The monoisotopic (exact) mass is 376 g/mol. The van der Waals surface area contributed by atoms with Crippen LogP contribution in [0.1, 0.15) is 37.8 Å². The second-order valence-corrected chi connectivity index (χ2v) is 6.95. The van der Waals surface area contributed by atoms with Crippen molar-refractivity contribution < 1.29 is 19.2 Å². The van der Waals surface area contributed by atoms with Gasteiger partial charge in [-0.2, -0.15) is 0 Å². The summed E-state index contributed by atoms with van der Waals surface area (Å²) >= 11 is 0. The smallest absolute Gasteiger partial charge is 0.246 e. The van der Waals surface area contributed by atoms with Gasteiger partial charge in [0.15, 0.2) is 0 Å². The lowest BCUT2D eigenvalue weighted by Crippen LogP contribution is -2.58. The largest absolute Gasteiger partial charge is 0.368 e. The van der Waals surface area contributed by atoms with Crippen molar-refractivity contribution in [3.8, 4) is 0 Å². The number of aromatic nitrogens is 2. The third-order valence-electron chi connectivity index (χ3n) is 5.02. The molecule has 10 nitrogen and oxygen atoms in total. The molecule has 2 aliphatic heterocycles. The number of imidazole rings is 1. The van der Waals surface area contributed by atoms with Crippen LogP contribution in [0.4, 0.5) is 0 Å². The lowest BCUT2D eigenvalue weighted by Gasteiger charge is -2.36. The fourth-order valence-corrected chi connectivity index (χ4v) is 3.59. The van der Waals surface area contributed by atoms with Crippen LogP contribution in [-0.2, 0) is 25.6 Å². The van der Waals surface area contributed by atoms with E-state index >= 15 is 0 Å². The fourth-order valence-electron chi connectivity index (χ4n) is 3.59. The number of primary amides is 1. The van der Waals surface area contributed by atoms with Crippen molar-refractivity contribution in [3.05, 3.63) is 18.2 Å². The predicted molar refractivity (Wildman–Crippen MR) is 93.9 cm³/mol. The third kappa shape index (κ3) is 4.44. The van der Waals surface area contributed by atoms with Crippen LogP contribution in [0, 0.1) is 0 Å². The molecule has 0 spiro atoms. The van der Waals surface area contributed by atoms with Gasteiger partial charge in [0.25, 0.3) is 0 Å². The maximum atomic E-state index is 13.1. The van der Waals surface area contributed by atoms with Crippen LogP contribution >= 0.6 is 0 Å². The van der Waals surface area contributed by atoms with Gasteiger partial charge in [-0.1, -0.05) is 0 Å². The molecule has 0 bridgehead atoms. The fraction of sp³-hybridized carbons (Fsp3) is 0.588. The standard InChI is InChI=1S/C17H24N6O4/c18-15(25)13-3-1-2-6-23(13)17(27)12(7-10-8-19-9-20-10)22-16(26)11-4-5-14(24)21-11/h8-9,11-13H,1-7H2,(H2,18,25)(H,19,20)(H,21,24)(H,22,26). The van der Waals surface area contributed by atoms with E-state index in [0.29, 0.717) is 25.1 Å². The first-order valence-corrected chi connectivity index (χ1v) is 9.12. The summed E-state index contributed by atoms with van der Waals surface area (Å²) in [4.78, 5) is 57.1. The van der Waals surface area contributed by atoms with Crippen LogP contribution in [0.5, 0.6) is 0 Å². The molecule has 3 unspecified atom stereocenters. The number of nitrogens with two attached hydrogens (primary N) is 1. The van der Waals surface area contributed by atoms with Gasteiger partial charge in [0.2, 0.25) is 23.6 Å². The molecule has 3 heterocycles. The Balaban J connectivity index is 1.75. The summed E-state index contributed by atoms with van der Waals surface area (Å²) in [6.45, 7) is 0.419. The number of nitrogens with one attached hydrogen (secondary N) is 3. The number of hydrogen-bond donors (Lipinski definition) is 4. The molecule has 1 aromatic heterocycles. The van der Waals surface area contributed by atoms with Crippen LogP contribution in [0.15, 0.2) is 12.5 Å². The van der Waals surface area contributed by atoms with Crippen molar-refractivity contribution in [1.82, 2.24) is 25.5 Å². The zero-order chi connectivity index (χ0) is 19.4. The van der Waals surface area contributed by atoms with Crippen molar-refractivity contribution in [2.24, 2.45) is 5.73 Å². The van der Waals surface area contributed by atoms with Gasteiger partial charge in [-0.3, -0.25) is 19.2 Å². The van der Waals surface area contributed by atoms with Gasteiger partial charge in [0.1, 0.15) is 18.1 Å². The van der Waals surface area contributed by atoms with E-state index in [2.05, 4.69) is 20.6 Å². The molecular weight excluding hydrogens is 352 g/mol. The van der Waals surface area contributed by atoms with Gasteiger partial charge in [-0.15, -0.1) is 0 Å². The summed E-state index contributed by atoms with van der Waals surface area (Å²) < 4.78 is 0. The third-order valence-corrected chi connectivity index (χ3v) is 5.02. The van der Waals surface area contributed by atoms with Gasteiger partial charge < -0.3 is 26.3 Å². The van der Waals surface area contributed by atoms with E-state index in [-0.39, 0.29) is 24.7 Å². The Hall–Kier alpha value is -2.91. The van der Waals surface area contributed by atoms with E-state index in [1.54, 1.807) is 6.20 Å². The summed E-state index contributed by atoms with van der Waals surface area (Å²) in [7, 11) is 0. The molecule has 10 heteroatoms. The quantitative estimate of drug-likeness (QED) is 0.481. The summed E-state index contributed by atoms with van der Waals surface area (Å²) in [5.74, 6) is -1.49. The Bertz CT molecular complexity index is 719. The number of amides is 4. The van der Waals surface area contributed by atoms with E-state index < -0.39 is 29.9 Å². The van der Waals surface area contributed by atoms with Gasteiger partial charge in [-0.25, -0.2) is 4.98 Å². The van der Waals surface area contributed by atoms with Crippen LogP contribution in [0.3, 0.4) is 0 Å². The first-order valence-electron chi connectivity index (χ1n) is 9.12. The lowest BCUT2D eigenvalue weighted by molar-refractivity contribution is -0.144. The summed E-state index contributed by atoms with van der Waals surface area (Å²) in [5, 5.41) is 5.32. The van der Waals surface area contributed by atoms with E-state index in [0.717, 1.165) is 12.8 Å². The first kappa shape index (κ1) is 18.9.